The van der Waals surface area contributed by atoms with Crippen LogP contribution >= 0.6 is 0 Å². The first-order valence-corrected chi connectivity index (χ1v) is 8.66. The van der Waals surface area contributed by atoms with Crippen molar-refractivity contribution in [3.05, 3.63) is 47.2 Å². The first-order valence-electron chi connectivity index (χ1n) is 8.66. The number of nitrogens with zero attached hydrogens (tertiary/aromatic N) is 3. The Morgan fingerprint density at radius 1 is 1.13 bits per heavy atom. The van der Waals surface area contributed by atoms with Crippen LogP contribution < -0.4 is 10.2 Å². The van der Waals surface area contributed by atoms with E-state index in [1.54, 1.807) is 0 Å². The molecule has 1 saturated carbocycles. The molecule has 2 aromatic rings. The van der Waals surface area contributed by atoms with Gasteiger partial charge >= 0.3 is 0 Å². The molecule has 1 aromatic carbocycles. The maximum Gasteiger partial charge on any atom is 0.225 e. The van der Waals surface area contributed by atoms with Crippen LogP contribution in [0.1, 0.15) is 49.4 Å². The molecule has 0 spiro atoms. The Kier molecular flexibility index (Phi) is 3.68. The second-order valence-electron chi connectivity index (χ2n) is 6.99. The zero-order chi connectivity index (χ0) is 15.8. The Morgan fingerprint density at radius 3 is 2.65 bits per heavy atom. The predicted molar refractivity (Wildman–Crippen MR) is 94.0 cm³/mol. The first-order chi connectivity index (χ1) is 11.2. The summed E-state index contributed by atoms with van der Waals surface area (Å²) >= 11 is 0. The minimum Gasteiger partial charge on any atom is -0.352 e. The summed E-state index contributed by atoms with van der Waals surface area (Å²) in [4.78, 5) is 11.9. The first kappa shape index (κ1) is 14.5. The van der Waals surface area contributed by atoms with Crippen LogP contribution in [0.3, 0.4) is 0 Å². The lowest BCUT2D eigenvalue weighted by Crippen LogP contribution is -2.31. The van der Waals surface area contributed by atoms with Crippen molar-refractivity contribution in [2.24, 2.45) is 0 Å². The normalized spacial score (nSPS) is 17.3. The molecule has 4 rings (SSSR count). The molecule has 0 saturated heterocycles. The molecule has 0 bridgehead atoms. The van der Waals surface area contributed by atoms with Gasteiger partial charge in [0.1, 0.15) is 5.82 Å². The smallest absolute Gasteiger partial charge is 0.225 e. The molecule has 1 N–H and O–H groups in total. The maximum atomic E-state index is 4.78. The third-order valence-electron chi connectivity index (χ3n) is 4.60. The molecule has 1 aliphatic heterocycles. The Morgan fingerprint density at radius 2 is 1.91 bits per heavy atom. The van der Waals surface area contributed by atoms with Gasteiger partial charge in [0, 0.05) is 31.1 Å². The van der Waals surface area contributed by atoms with Gasteiger partial charge in [-0.2, -0.15) is 4.98 Å². The molecule has 23 heavy (non-hydrogen) atoms. The minimum absolute atomic E-state index is 0.347. The van der Waals surface area contributed by atoms with Crippen molar-refractivity contribution in [1.82, 2.24) is 9.97 Å². The molecular formula is C19H24N4. The highest BCUT2D eigenvalue weighted by atomic mass is 15.2. The van der Waals surface area contributed by atoms with Crippen LogP contribution in [0, 0.1) is 0 Å². The highest BCUT2D eigenvalue weighted by molar-refractivity contribution is 5.49. The van der Waals surface area contributed by atoms with E-state index in [-0.39, 0.29) is 0 Å². The second-order valence-corrected chi connectivity index (χ2v) is 6.99. The molecule has 0 radical (unpaired) electrons. The SMILES string of the molecule is CC(C)Nc1nc(C2CC2)cc(N2CCc3ccccc3C2)n1. The molecule has 4 nitrogen and oxygen atoms in total. The van der Waals surface area contributed by atoms with Crippen LogP contribution in [-0.2, 0) is 13.0 Å². The Hall–Kier alpha value is -2.10. The van der Waals surface area contributed by atoms with Crippen molar-refractivity contribution in [2.45, 2.75) is 51.6 Å². The highest BCUT2D eigenvalue weighted by Crippen LogP contribution is 2.40. The van der Waals surface area contributed by atoms with E-state index in [9.17, 15) is 0 Å². The number of fused-ring (bicyclic) bond motifs is 1. The number of aromatic nitrogens is 2. The fourth-order valence-corrected chi connectivity index (χ4v) is 3.22. The summed E-state index contributed by atoms with van der Waals surface area (Å²) < 4.78 is 0. The zero-order valence-corrected chi connectivity index (χ0v) is 13.9. The topological polar surface area (TPSA) is 41.1 Å². The van der Waals surface area contributed by atoms with E-state index in [0.29, 0.717) is 12.0 Å². The Labute approximate surface area is 138 Å². The number of hydrogen-bond acceptors (Lipinski definition) is 4. The fraction of sp³-hybridized carbons (Fsp3) is 0.474. The zero-order valence-electron chi connectivity index (χ0n) is 13.9. The maximum absolute atomic E-state index is 4.78. The number of anilines is 2. The number of benzene rings is 1. The molecule has 0 atom stereocenters. The largest absolute Gasteiger partial charge is 0.352 e. The van der Waals surface area contributed by atoms with Crippen molar-refractivity contribution in [1.29, 1.82) is 0 Å². The van der Waals surface area contributed by atoms with Crippen molar-refractivity contribution in [2.75, 3.05) is 16.8 Å². The van der Waals surface area contributed by atoms with Gasteiger partial charge in [-0.25, -0.2) is 4.98 Å². The average Bonchev–Trinajstić information content (AvgIpc) is 3.38. The summed E-state index contributed by atoms with van der Waals surface area (Å²) in [6.45, 7) is 6.23. The lowest BCUT2D eigenvalue weighted by atomic mass is 10.00. The van der Waals surface area contributed by atoms with Gasteiger partial charge in [-0.15, -0.1) is 0 Å². The van der Waals surface area contributed by atoms with E-state index in [2.05, 4.69) is 54.4 Å². The second kappa shape index (κ2) is 5.84. The molecule has 0 unspecified atom stereocenters. The van der Waals surface area contributed by atoms with Gasteiger partial charge in [0.25, 0.3) is 0 Å². The molecule has 120 valence electrons. The molecule has 1 fully saturated rings. The van der Waals surface area contributed by atoms with Gasteiger partial charge in [-0.05, 0) is 44.2 Å². The molecule has 2 heterocycles. The molecular weight excluding hydrogens is 284 g/mol. The fourth-order valence-electron chi connectivity index (χ4n) is 3.22. The van der Waals surface area contributed by atoms with E-state index >= 15 is 0 Å². The van der Waals surface area contributed by atoms with E-state index in [1.807, 2.05) is 0 Å². The van der Waals surface area contributed by atoms with E-state index in [0.717, 1.165) is 31.3 Å². The average molecular weight is 308 g/mol. The van der Waals surface area contributed by atoms with E-state index < -0.39 is 0 Å². The predicted octanol–water partition coefficient (Wildman–Crippen LogP) is 3.74. The molecule has 1 aromatic heterocycles. The molecule has 0 amide bonds. The minimum atomic E-state index is 0.347. The van der Waals surface area contributed by atoms with E-state index in [1.165, 1.54) is 29.7 Å². The van der Waals surface area contributed by atoms with Crippen molar-refractivity contribution in [3.63, 3.8) is 0 Å². The van der Waals surface area contributed by atoms with Gasteiger partial charge in [0.2, 0.25) is 5.95 Å². The van der Waals surface area contributed by atoms with Crippen LogP contribution in [0.5, 0.6) is 0 Å². The van der Waals surface area contributed by atoms with Crippen LogP contribution in [0.2, 0.25) is 0 Å². The Balaban J connectivity index is 1.64. The van der Waals surface area contributed by atoms with Crippen molar-refractivity contribution < 1.29 is 0 Å². The van der Waals surface area contributed by atoms with Gasteiger partial charge in [0.05, 0.1) is 5.69 Å². The lowest BCUT2D eigenvalue weighted by molar-refractivity contribution is 0.716. The summed E-state index contributed by atoms with van der Waals surface area (Å²) in [5, 5.41) is 3.38. The number of hydrogen-bond donors (Lipinski definition) is 1. The summed E-state index contributed by atoms with van der Waals surface area (Å²) in [7, 11) is 0. The quantitative estimate of drug-likeness (QED) is 0.934. The van der Waals surface area contributed by atoms with Crippen molar-refractivity contribution in [3.8, 4) is 0 Å². The van der Waals surface area contributed by atoms with Crippen LogP contribution in [0.25, 0.3) is 0 Å². The summed E-state index contributed by atoms with van der Waals surface area (Å²) in [6, 6.07) is 11.3. The Bertz CT molecular complexity index is 706. The third-order valence-corrected chi connectivity index (χ3v) is 4.60. The number of rotatable bonds is 4. The summed E-state index contributed by atoms with van der Waals surface area (Å²) in [6.07, 6.45) is 3.62. The third kappa shape index (κ3) is 3.16. The van der Waals surface area contributed by atoms with Crippen LogP contribution in [0.4, 0.5) is 11.8 Å². The molecule has 2 aliphatic rings. The highest BCUT2D eigenvalue weighted by Gasteiger charge is 2.27. The van der Waals surface area contributed by atoms with Gasteiger partial charge < -0.3 is 10.2 Å². The van der Waals surface area contributed by atoms with Gasteiger partial charge in [-0.1, -0.05) is 24.3 Å². The van der Waals surface area contributed by atoms with Gasteiger partial charge in [-0.3, -0.25) is 0 Å². The summed E-state index contributed by atoms with van der Waals surface area (Å²) in [5.74, 6) is 2.49. The van der Waals surface area contributed by atoms with Crippen LogP contribution in [-0.4, -0.2) is 22.6 Å². The van der Waals surface area contributed by atoms with Crippen LogP contribution in [0.15, 0.2) is 30.3 Å². The monoisotopic (exact) mass is 308 g/mol. The van der Waals surface area contributed by atoms with E-state index in [4.69, 9.17) is 9.97 Å². The molecule has 1 aliphatic carbocycles. The van der Waals surface area contributed by atoms with Crippen molar-refractivity contribution >= 4 is 11.8 Å². The lowest BCUT2D eigenvalue weighted by Gasteiger charge is -2.30. The molecule has 4 heteroatoms. The standard InChI is InChI=1S/C19H24N4/c1-13(2)20-19-21-17(15-7-8-15)11-18(22-19)23-10-9-14-5-3-4-6-16(14)12-23/h3-6,11,13,15H,7-10,12H2,1-2H3,(H,20,21,22). The summed E-state index contributed by atoms with van der Waals surface area (Å²) in [5.41, 5.74) is 4.10. The van der Waals surface area contributed by atoms with Gasteiger partial charge in [0.15, 0.2) is 0 Å². The number of nitrogens with one attached hydrogen (secondary N) is 1.